The molecule has 11 nitrogen and oxygen atoms in total. The second kappa shape index (κ2) is 6.81. The molecule has 132 valence electrons. The van der Waals surface area contributed by atoms with Crippen LogP contribution in [0.1, 0.15) is 5.69 Å². The van der Waals surface area contributed by atoms with E-state index in [1.165, 1.54) is 6.07 Å². The first-order valence-electron chi connectivity index (χ1n) is 7.25. The van der Waals surface area contributed by atoms with Crippen molar-refractivity contribution in [2.24, 2.45) is 5.16 Å². The van der Waals surface area contributed by atoms with Gasteiger partial charge in [0.05, 0.1) is 4.92 Å². The van der Waals surface area contributed by atoms with Crippen LogP contribution in [0.5, 0.6) is 0 Å². The summed E-state index contributed by atoms with van der Waals surface area (Å²) in [6.07, 6.45) is 0. The molecule has 2 heterocycles. The van der Waals surface area contributed by atoms with Crippen LogP contribution in [0.25, 0.3) is 0 Å². The van der Waals surface area contributed by atoms with Gasteiger partial charge in [-0.25, -0.2) is 4.63 Å². The Morgan fingerprint density at radius 1 is 1.36 bits per heavy atom. The van der Waals surface area contributed by atoms with Gasteiger partial charge in [-0.05, 0) is 22.4 Å². The molecule has 1 saturated heterocycles. The molecule has 12 heteroatoms. The molecule has 3 N–H and O–H groups in total. The van der Waals surface area contributed by atoms with E-state index < -0.39 is 4.92 Å². The number of anilines is 2. The molecular formula is C13H14ClN7O4. The van der Waals surface area contributed by atoms with Crippen LogP contribution >= 0.6 is 11.6 Å². The third-order valence-electron chi connectivity index (χ3n) is 3.87. The molecule has 1 aliphatic rings. The molecule has 2 aromatic rings. The van der Waals surface area contributed by atoms with Crippen LogP contribution in [0.3, 0.4) is 0 Å². The van der Waals surface area contributed by atoms with Crippen molar-refractivity contribution < 1.29 is 14.8 Å². The van der Waals surface area contributed by atoms with Crippen molar-refractivity contribution in [3.63, 3.8) is 0 Å². The largest absolute Gasteiger partial charge is 0.409 e. The zero-order chi connectivity index (χ0) is 18.0. The number of piperazine rings is 1. The highest BCUT2D eigenvalue weighted by atomic mass is 35.5. The lowest BCUT2D eigenvalue weighted by atomic mass is 10.2. The van der Waals surface area contributed by atoms with Gasteiger partial charge in [-0.2, -0.15) is 0 Å². The van der Waals surface area contributed by atoms with Gasteiger partial charge in [0.1, 0.15) is 5.69 Å². The van der Waals surface area contributed by atoms with Crippen molar-refractivity contribution in [3.05, 3.63) is 39.0 Å². The molecular weight excluding hydrogens is 354 g/mol. The molecule has 1 fully saturated rings. The maximum Gasteiger partial charge on any atom is 0.294 e. The Labute approximate surface area is 146 Å². The molecule has 0 unspecified atom stereocenters. The smallest absolute Gasteiger partial charge is 0.294 e. The van der Waals surface area contributed by atoms with E-state index >= 15 is 0 Å². The number of benzene rings is 1. The highest BCUT2D eigenvalue weighted by Gasteiger charge is 2.28. The number of nitrogens with zero attached hydrogens (tertiary/aromatic N) is 6. The van der Waals surface area contributed by atoms with E-state index in [0.717, 1.165) is 0 Å². The van der Waals surface area contributed by atoms with Crippen LogP contribution in [0, 0.1) is 10.1 Å². The fourth-order valence-corrected chi connectivity index (χ4v) is 2.85. The summed E-state index contributed by atoms with van der Waals surface area (Å²) in [7, 11) is 0. The molecule has 0 spiro atoms. The van der Waals surface area contributed by atoms with Crippen molar-refractivity contribution in [3.8, 4) is 0 Å². The second-order valence-corrected chi connectivity index (χ2v) is 5.72. The lowest BCUT2D eigenvalue weighted by molar-refractivity contribution is -0.384. The van der Waals surface area contributed by atoms with Crippen LogP contribution in [-0.2, 0) is 0 Å². The quantitative estimate of drug-likeness (QED) is 0.268. The molecule has 0 saturated carbocycles. The van der Waals surface area contributed by atoms with Gasteiger partial charge in [0, 0.05) is 37.3 Å². The lowest BCUT2D eigenvalue weighted by Crippen LogP contribution is -2.49. The van der Waals surface area contributed by atoms with Crippen molar-refractivity contribution in [2.45, 2.75) is 0 Å². The Hall–Kier alpha value is -3.08. The van der Waals surface area contributed by atoms with E-state index in [0.29, 0.717) is 36.9 Å². The first-order valence-corrected chi connectivity index (χ1v) is 7.63. The normalized spacial score (nSPS) is 15.5. The number of aromatic nitrogens is 2. The average molecular weight is 368 g/mol. The summed E-state index contributed by atoms with van der Waals surface area (Å²) in [5, 5.41) is 31.1. The molecule has 0 amide bonds. The van der Waals surface area contributed by atoms with Crippen LogP contribution in [0.2, 0.25) is 5.02 Å². The number of nitro groups is 1. The van der Waals surface area contributed by atoms with Crippen molar-refractivity contribution >= 4 is 34.6 Å². The molecule has 1 aromatic carbocycles. The van der Waals surface area contributed by atoms with E-state index in [1.807, 2.05) is 4.90 Å². The molecule has 0 radical (unpaired) electrons. The van der Waals surface area contributed by atoms with E-state index in [-0.39, 0.29) is 23.0 Å². The van der Waals surface area contributed by atoms with Gasteiger partial charge in [-0.3, -0.25) is 10.1 Å². The number of halogens is 1. The van der Waals surface area contributed by atoms with E-state index in [4.69, 9.17) is 17.3 Å². The molecule has 3 rings (SSSR count). The van der Waals surface area contributed by atoms with Crippen molar-refractivity contribution in [1.29, 1.82) is 0 Å². The molecule has 0 aliphatic carbocycles. The van der Waals surface area contributed by atoms with Crippen LogP contribution in [0.4, 0.5) is 17.2 Å². The SMILES string of the molecule is Nc1nonc1/C(=N/O)N1CCN(c2ccc(Cl)cc2[N+](=O)[O-])CC1. The Bertz CT molecular complexity index is 816. The number of hydrogen-bond donors (Lipinski definition) is 2. The number of nitro benzene ring substituents is 1. The minimum atomic E-state index is -0.462. The van der Waals surface area contributed by atoms with E-state index in [1.54, 1.807) is 17.0 Å². The fraction of sp³-hybridized carbons (Fsp3) is 0.308. The number of amidine groups is 1. The number of rotatable bonds is 3. The third-order valence-corrected chi connectivity index (χ3v) is 4.11. The summed E-state index contributed by atoms with van der Waals surface area (Å²) in [5.41, 5.74) is 6.20. The minimum Gasteiger partial charge on any atom is -0.409 e. The van der Waals surface area contributed by atoms with Gasteiger partial charge >= 0.3 is 0 Å². The summed E-state index contributed by atoms with van der Waals surface area (Å²) in [6.45, 7) is 1.80. The average Bonchev–Trinajstić information content (AvgIpc) is 3.02. The summed E-state index contributed by atoms with van der Waals surface area (Å²) in [4.78, 5) is 14.4. The first-order chi connectivity index (χ1) is 12.0. The van der Waals surface area contributed by atoms with Crippen LogP contribution in [0.15, 0.2) is 28.0 Å². The van der Waals surface area contributed by atoms with E-state index in [9.17, 15) is 15.3 Å². The third kappa shape index (κ3) is 3.26. The van der Waals surface area contributed by atoms with Crippen molar-refractivity contribution in [1.82, 2.24) is 15.2 Å². The highest BCUT2D eigenvalue weighted by Crippen LogP contribution is 2.31. The predicted octanol–water partition coefficient (Wildman–Crippen LogP) is 1.17. The predicted molar refractivity (Wildman–Crippen MR) is 88.9 cm³/mol. The Balaban J connectivity index is 1.76. The van der Waals surface area contributed by atoms with Gasteiger partial charge < -0.3 is 20.7 Å². The number of nitrogen functional groups attached to an aromatic ring is 1. The first kappa shape index (κ1) is 16.8. The highest BCUT2D eigenvalue weighted by molar-refractivity contribution is 6.30. The van der Waals surface area contributed by atoms with Gasteiger partial charge in [0.25, 0.3) is 5.69 Å². The monoisotopic (exact) mass is 367 g/mol. The number of nitrogens with two attached hydrogens (primary N) is 1. The summed E-state index contributed by atoms with van der Waals surface area (Å²) < 4.78 is 4.52. The maximum absolute atomic E-state index is 11.2. The van der Waals surface area contributed by atoms with Crippen molar-refractivity contribution in [2.75, 3.05) is 36.8 Å². The fourth-order valence-electron chi connectivity index (χ4n) is 2.68. The molecule has 1 aliphatic heterocycles. The van der Waals surface area contributed by atoms with Gasteiger partial charge in [-0.15, -0.1) is 0 Å². The zero-order valence-corrected chi connectivity index (χ0v) is 13.6. The van der Waals surface area contributed by atoms with Crippen LogP contribution in [-0.4, -0.2) is 57.4 Å². The Morgan fingerprint density at radius 2 is 2.08 bits per heavy atom. The van der Waals surface area contributed by atoms with Crippen LogP contribution < -0.4 is 10.6 Å². The van der Waals surface area contributed by atoms with Gasteiger partial charge in [-0.1, -0.05) is 16.8 Å². The van der Waals surface area contributed by atoms with Gasteiger partial charge in [0.15, 0.2) is 11.5 Å². The topological polar surface area (TPSA) is 147 Å². The summed E-state index contributed by atoms with van der Waals surface area (Å²) >= 11 is 5.85. The number of hydrogen-bond acceptors (Lipinski definition) is 9. The standard InChI is InChI=1S/C13H14ClN7O4/c14-8-1-2-9(10(7-8)21(23)24)19-3-5-20(6-4-19)13(16-22)11-12(15)18-25-17-11/h1-2,7,22H,3-6H2,(H2,15,18)/b16-13-. The Kier molecular flexibility index (Phi) is 4.57. The second-order valence-electron chi connectivity index (χ2n) is 5.29. The summed E-state index contributed by atoms with van der Waals surface area (Å²) in [6, 6.07) is 4.56. The molecule has 1 aromatic heterocycles. The lowest BCUT2D eigenvalue weighted by Gasteiger charge is -2.36. The molecule has 0 bridgehead atoms. The van der Waals surface area contributed by atoms with E-state index in [2.05, 4.69) is 20.1 Å². The minimum absolute atomic E-state index is 0.0172. The zero-order valence-electron chi connectivity index (χ0n) is 12.9. The number of oxime groups is 1. The summed E-state index contributed by atoms with van der Waals surface area (Å²) in [5.74, 6) is 0.160. The van der Waals surface area contributed by atoms with Gasteiger partial charge in [0.2, 0.25) is 5.84 Å². The Morgan fingerprint density at radius 3 is 2.64 bits per heavy atom. The maximum atomic E-state index is 11.2. The molecule has 0 atom stereocenters. The molecule has 25 heavy (non-hydrogen) atoms.